The van der Waals surface area contributed by atoms with Crippen molar-refractivity contribution in [2.24, 2.45) is 0 Å². The molecule has 7 N–H and O–H groups in total. The average molecular weight is 346 g/mol. The first-order chi connectivity index (χ1) is 11.4. The van der Waals surface area contributed by atoms with E-state index in [1.807, 2.05) is 0 Å². The molecule has 24 heavy (non-hydrogen) atoms. The number of benzene rings is 1. The van der Waals surface area contributed by atoms with Crippen molar-refractivity contribution < 1.29 is 40.3 Å². The maximum absolute atomic E-state index is 11.4. The molecule has 2 rings (SSSR count). The summed E-state index contributed by atoms with van der Waals surface area (Å²) in [5.41, 5.74) is 0.0215. The fourth-order valence-electron chi connectivity index (χ4n) is 2.46. The summed E-state index contributed by atoms with van der Waals surface area (Å²) in [5, 5.41) is 60.9. The minimum Gasteiger partial charge on any atom is -0.595 e. The third-order valence-corrected chi connectivity index (χ3v) is 3.72. The highest BCUT2D eigenvalue weighted by Crippen LogP contribution is 2.28. The van der Waals surface area contributed by atoms with Gasteiger partial charge in [-0.25, -0.2) is 5.21 Å². The van der Waals surface area contributed by atoms with Crippen molar-refractivity contribution in [2.75, 3.05) is 18.5 Å². The van der Waals surface area contributed by atoms with Crippen LogP contribution in [0.5, 0.6) is 5.75 Å². The first kappa shape index (κ1) is 18.8. The number of hydrogen-bond donors (Lipinski definition) is 7. The highest BCUT2D eigenvalue weighted by Gasteiger charge is 2.43. The second-order valence-corrected chi connectivity index (χ2v) is 5.34. The van der Waals surface area contributed by atoms with Crippen molar-refractivity contribution >= 4 is 11.4 Å². The fraction of sp³-hybridized carbons (Fsp3) is 0.571. The third kappa shape index (κ3) is 3.94. The number of nitrogens with one attached hydrogen (secondary N) is 2. The van der Waals surface area contributed by atoms with Crippen molar-refractivity contribution in [3.8, 4) is 5.75 Å². The van der Waals surface area contributed by atoms with Crippen LogP contribution < -0.4 is 15.3 Å². The highest BCUT2D eigenvalue weighted by molar-refractivity contribution is 5.64. The van der Waals surface area contributed by atoms with E-state index in [0.29, 0.717) is 12.4 Å². The van der Waals surface area contributed by atoms with E-state index in [-0.39, 0.29) is 11.4 Å². The molecular formula is C14H22N2O8. The number of hydrogen-bond acceptors (Lipinski definition) is 9. The quantitative estimate of drug-likeness (QED) is 0.281. The lowest BCUT2D eigenvalue weighted by molar-refractivity contribution is -0.990. The van der Waals surface area contributed by atoms with Crippen molar-refractivity contribution in [2.45, 2.75) is 37.6 Å². The summed E-state index contributed by atoms with van der Waals surface area (Å²) < 4.78 is 10.6. The molecule has 0 saturated carbocycles. The summed E-state index contributed by atoms with van der Waals surface area (Å²) in [6.45, 7) is 1.57. The minimum atomic E-state index is -1.55. The first-order valence-corrected chi connectivity index (χ1v) is 7.46. The molecule has 0 aromatic heterocycles. The van der Waals surface area contributed by atoms with Crippen molar-refractivity contribution in [1.82, 2.24) is 0 Å². The number of anilines is 1. The molecule has 0 bridgehead atoms. The number of aliphatic hydroxyl groups is 4. The van der Waals surface area contributed by atoms with Gasteiger partial charge in [-0.05, 0) is 19.1 Å². The Kier molecular flexibility index (Phi) is 6.32. The number of quaternary nitrogens is 1. The largest absolute Gasteiger partial charge is 0.595 e. The molecule has 1 unspecified atom stereocenters. The Bertz CT molecular complexity index is 542. The van der Waals surface area contributed by atoms with Gasteiger partial charge in [-0.2, -0.15) is 5.23 Å². The smallest absolute Gasteiger partial charge is 0.190 e. The van der Waals surface area contributed by atoms with Crippen LogP contribution in [0.15, 0.2) is 18.2 Å². The molecule has 1 saturated heterocycles. The molecular weight excluding hydrogens is 324 g/mol. The molecule has 1 aromatic rings. The molecule has 1 fully saturated rings. The Morgan fingerprint density at radius 2 is 1.96 bits per heavy atom. The van der Waals surface area contributed by atoms with Crippen LogP contribution in [0, 0.1) is 5.21 Å². The number of rotatable bonds is 6. The van der Waals surface area contributed by atoms with Crippen molar-refractivity contribution in [1.29, 1.82) is 0 Å². The van der Waals surface area contributed by atoms with Gasteiger partial charge in [0.1, 0.15) is 35.9 Å². The standard InChI is InChI=1S/C14H22N2O8/c1-2-23-7-3-4-8(9(5-7)16(21)22)15-14-13(20)12(19)11(18)10(6-17)24-14/h3-5,10-21H,2,6H2,1H3/t10-,11-,12+,13+,14-/m1/s1. The molecule has 10 nitrogen and oxygen atoms in total. The fourth-order valence-corrected chi connectivity index (χ4v) is 2.46. The second kappa shape index (κ2) is 8.05. The lowest BCUT2D eigenvalue weighted by Gasteiger charge is -2.40. The summed E-state index contributed by atoms with van der Waals surface area (Å²) in [5.74, 6) is 0.370. The van der Waals surface area contributed by atoms with E-state index in [1.54, 1.807) is 13.0 Å². The molecule has 1 aliphatic rings. The molecule has 136 valence electrons. The van der Waals surface area contributed by atoms with Crippen LogP contribution >= 0.6 is 0 Å². The van der Waals surface area contributed by atoms with Crippen LogP contribution in [0.4, 0.5) is 11.4 Å². The lowest BCUT2D eigenvalue weighted by Crippen LogP contribution is -2.99. The normalized spacial score (nSPS) is 31.5. The lowest BCUT2D eigenvalue weighted by atomic mass is 9.98. The van der Waals surface area contributed by atoms with Gasteiger partial charge in [0.2, 0.25) is 0 Å². The monoisotopic (exact) mass is 346 g/mol. The van der Waals surface area contributed by atoms with Gasteiger partial charge in [0.15, 0.2) is 11.9 Å². The van der Waals surface area contributed by atoms with Gasteiger partial charge >= 0.3 is 0 Å². The van der Waals surface area contributed by atoms with Gasteiger partial charge < -0.3 is 40.4 Å². The van der Waals surface area contributed by atoms with E-state index in [2.05, 4.69) is 5.32 Å². The van der Waals surface area contributed by atoms with Crippen molar-refractivity contribution in [3.63, 3.8) is 0 Å². The molecule has 1 heterocycles. The van der Waals surface area contributed by atoms with Crippen LogP contribution in [-0.2, 0) is 4.74 Å². The SMILES string of the molecule is CCOc1ccc(N[C@@H]2O[C@H](CO)[C@@H](O)[C@H](O)[C@@H]2O)c([NH+]([O-])O)c1. The van der Waals surface area contributed by atoms with Gasteiger partial charge in [-0.15, -0.1) is 0 Å². The summed E-state index contributed by atoms with van der Waals surface area (Å²) in [4.78, 5) is 0. The van der Waals surface area contributed by atoms with E-state index < -0.39 is 42.5 Å². The Morgan fingerprint density at radius 3 is 2.54 bits per heavy atom. The van der Waals surface area contributed by atoms with E-state index >= 15 is 0 Å². The van der Waals surface area contributed by atoms with Gasteiger partial charge in [-0.3, -0.25) is 0 Å². The van der Waals surface area contributed by atoms with E-state index in [1.165, 1.54) is 12.1 Å². The maximum atomic E-state index is 11.4. The summed E-state index contributed by atoms with van der Waals surface area (Å²) in [7, 11) is 0. The van der Waals surface area contributed by atoms with Crippen molar-refractivity contribution in [3.05, 3.63) is 23.4 Å². The molecule has 1 aliphatic heterocycles. The Balaban J connectivity index is 2.22. The van der Waals surface area contributed by atoms with Gasteiger partial charge in [0.25, 0.3) is 0 Å². The molecule has 0 aliphatic carbocycles. The Morgan fingerprint density at radius 1 is 1.25 bits per heavy atom. The molecule has 0 spiro atoms. The predicted molar refractivity (Wildman–Crippen MR) is 80.8 cm³/mol. The average Bonchev–Trinajstić information content (AvgIpc) is 2.56. The van der Waals surface area contributed by atoms with E-state index in [4.69, 9.17) is 9.47 Å². The maximum Gasteiger partial charge on any atom is 0.190 e. The molecule has 6 atom stereocenters. The third-order valence-electron chi connectivity index (χ3n) is 3.72. The number of aliphatic hydroxyl groups excluding tert-OH is 4. The molecule has 1 aromatic carbocycles. The zero-order chi connectivity index (χ0) is 17.9. The van der Waals surface area contributed by atoms with Crippen LogP contribution in [0.25, 0.3) is 0 Å². The summed E-state index contributed by atoms with van der Waals surface area (Å²) in [6.07, 6.45) is -6.85. The molecule has 10 heteroatoms. The van der Waals surface area contributed by atoms with Gasteiger partial charge in [0, 0.05) is 6.07 Å². The first-order valence-electron chi connectivity index (χ1n) is 7.46. The highest BCUT2D eigenvalue weighted by atomic mass is 16.8. The molecule has 0 radical (unpaired) electrons. The van der Waals surface area contributed by atoms with E-state index in [9.17, 15) is 30.8 Å². The van der Waals surface area contributed by atoms with Gasteiger partial charge in [0.05, 0.1) is 13.2 Å². The van der Waals surface area contributed by atoms with Crippen LogP contribution in [-0.4, -0.2) is 69.5 Å². The zero-order valence-electron chi connectivity index (χ0n) is 13.0. The molecule has 0 amide bonds. The second-order valence-electron chi connectivity index (χ2n) is 5.34. The van der Waals surface area contributed by atoms with Gasteiger partial charge in [-0.1, -0.05) is 0 Å². The summed E-state index contributed by atoms with van der Waals surface area (Å²) >= 11 is 0. The Labute approximate surface area is 138 Å². The van der Waals surface area contributed by atoms with E-state index in [0.717, 1.165) is 0 Å². The Hall–Kier alpha value is -1.50. The number of ether oxygens (including phenoxy) is 2. The summed E-state index contributed by atoms with van der Waals surface area (Å²) in [6, 6.07) is 4.30. The van der Waals surface area contributed by atoms with Crippen LogP contribution in [0.1, 0.15) is 6.92 Å². The van der Waals surface area contributed by atoms with Crippen LogP contribution in [0.2, 0.25) is 0 Å². The topological polar surface area (TPSA) is 159 Å². The minimum absolute atomic E-state index is 0.113. The zero-order valence-corrected chi connectivity index (χ0v) is 13.0. The predicted octanol–water partition coefficient (Wildman–Crippen LogP) is -2.30. The van der Waals surface area contributed by atoms with Crippen LogP contribution in [0.3, 0.4) is 0 Å².